The number of ether oxygens (including phenoxy) is 4. The van der Waals surface area contributed by atoms with Crippen LogP contribution in [0.25, 0.3) is 0 Å². The van der Waals surface area contributed by atoms with Gasteiger partial charge in [0.1, 0.15) is 18.2 Å². The first-order chi connectivity index (χ1) is 25.9. The number of carbonyl (C=O) groups excluding carboxylic acids is 4. The Morgan fingerprint density at radius 3 is 2.22 bits per heavy atom. The molecule has 0 aromatic carbocycles. The molecule has 4 rings (SSSR count). The van der Waals surface area contributed by atoms with E-state index in [0.717, 1.165) is 4.90 Å². The van der Waals surface area contributed by atoms with Crippen molar-refractivity contribution in [1.82, 2.24) is 4.90 Å². The van der Waals surface area contributed by atoms with Gasteiger partial charge in [-0.25, -0.2) is 4.79 Å². The first-order valence-corrected chi connectivity index (χ1v) is 20.4. The summed E-state index contributed by atoms with van der Waals surface area (Å²) in [6.45, 7) is 11.2. The molecule has 4 N–H and O–H groups in total. The zero-order valence-electron chi connectivity index (χ0n) is 34.1. The van der Waals surface area contributed by atoms with Crippen molar-refractivity contribution in [3.05, 3.63) is 23.3 Å². The summed E-state index contributed by atoms with van der Waals surface area (Å²) < 4.78 is 24.1. The summed E-state index contributed by atoms with van der Waals surface area (Å²) in [7, 11) is 3.05. The van der Waals surface area contributed by atoms with Crippen LogP contribution in [0.2, 0.25) is 0 Å². The SMILES string of the molecule is CCC1=CC(C)CC(C)CC(OC)C2OC(O)(C(=O)C(=O)N3CCCCC3C(=O)OC(C(C)=CC3CCC(O)C(O)C3)C(C)C(O)CC1=O)C(C)CC2OC. The number of rotatable bonds is 5. The van der Waals surface area contributed by atoms with E-state index in [0.29, 0.717) is 62.5 Å². The predicted octanol–water partition coefficient (Wildman–Crippen LogP) is 3.82. The fraction of sp³-hybridized carbons (Fsp3) is 0.810. The maximum absolute atomic E-state index is 14.2. The summed E-state index contributed by atoms with van der Waals surface area (Å²) in [4.78, 5) is 57.4. The minimum absolute atomic E-state index is 0.0163. The van der Waals surface area contributed by atoms with Crippen LogP contribution in [0.4, 0.5) is 0 Å². The maximum atomic E-state index is 14.2. The number of hydrogen-bond acceptors (Lipinski definition) is 12. The average molecular weight is 778 g/mol. The number of ketones is 2. The van der Waals surface area contributed by atoms with Gasteiger partial charge in [-0.1, -0.05) is 46.8 Å². The Labute approximate surface area is 326 Å². The number of fused-ring (bicyclic) bond motifs is 3. The van der Waals surface area contributed by atoms with Gasteiger partial charge in [0.2, 0.25) is 5.79 Å². The van der Waals surface area contributed by atoms with Crippen LogP contribution in [-0.4, -0.2) is 124 Å². The Bertz CT molecular complexity index is 1410. The van der Waals surface area contributed by atoms with Gasteiger partial charge >= 0.3 is 5.97 Å². The number of piperidine rings is 1. The summed E-state index contributed by atoms with van der Waals surface area (Å²) in [5, 5.41) is 44.0. The number of methoxy groups -OCH3 is 2. The van der Waals surface area contributed by atoms with Crippen molar-refractivity contribution >= 4 is 23.4 Å². The minimum Gasteiger partial charge on any atom is -0.456 e. The molecule has 3 aliphatic heterocycles. The third-order valence-electron chi connectivity index (χ3n) is 12.6. The van der Waals surface area contributed by atoms with Gasteiger partial charge in [-0.2, -0.15) is 0 Å². The number of cyclic esters (lactones) is 1. The normalized spacial score (nSPS) is 41.2. The molecule has 55 heavy (non-hydrogen) atoms. The number of hydrogen-bond donors (Lipinski definition) is 4. The van der Waals surface area contributed by atoms with Crippen LogP contribution in [0, 0.1) is 29.6 Å². The molecule has 2 bridgehead atoms. The van der Waals surface area contributed by atoms with Gasteiger partial charge in [-0.3, -0.25) is 14.4 Å². The summed E-state index contributed by atoms with van der Waals surface area (Å²) in [5.74, 6) is -7.38. The summed E-state index contributed by atoms with van der Waals surface area (Å²) >= 11 is 0. The van der Waals surface area contributed by atoms with Crippen LogP contribution in [0.5, 0.6) is 0 Å². The van der Waals surface area contributed by atoms with Crippen molar-refractivity contribution in [2.24, 2.45) is 29.6 Å². The maximum Gasteiger partial charge on any atom is 0.329 e. The molecular weight excluding hydrogens is 710 g/mol. The van der Waals surface area contributed by atoms with Gasteiger partial charge < -0.3 is 44.3 Å². The molecule has 14 atom stereocenters. The molecule has 4 aliphatic rings. The number of aliphatic hydroxyl groups is 4. The van der Waals surface area contributed by atoms with E-state index in [1.807, 2.05) is 26.0 Å². The first-order valence-electron chi connectivity index (χ1n) is 20.4. The quantitative estimate of drug-likeness (QED) is 0.180. The highest BCUT2D eigenvalue weighted by Crippen LogP contribution is 2.39. The van der Waals surface area contributed by atoms with Crippen molar-refractivity contribution in [3.63, 3.8) is 0 Å². The molecular formula is C42H67NO12. The zero-order valence-corrected chi connectivity index (χ0v) is 34.1. The van der Waals surface area contributed by atoms with Crippen molar-refractivity contribution < 1.29 is 58.6 Å². The van der Waals surface area contributed by atoms with E-state index in [2.05, 4.69) is 6.92 Å². The Balaban J connectivity index is 1.76. The highest BCUT2D eigenvalue weighted by Gasteiger charge is 2.56. The van der Waals surface area contributed by atoms with Gasteiger partial charge in [0.15, 0.2) is 5.78 Å². The third kappa shape index (κ3) is 10.7. The number of nitrogens with zero attached hydrogens (tertiary/aromatic N) is 1. The fourth-order valence-electron chi connectivity index (χ4n) is 9.19. The molecule has 13 nitrogen and oxygen atoms in total. The molecule has 1 aliphatic carbocycles. The van der Waals surface area contributed by atoms with Gasteiger partial charge in [0.25, 0.3) is 11.7 Å². The van der Waals surface area contributed by atoms with Gasteiger partial charge in [-0.15, -0.1) is 0 Å². The van der Waals surface area contributed by atoms with Gasteiger partial charge in [0, 0.05) is 39.0 Å². The Morgan fingerprint density at radius 1 is 0.909 bits per heavy atom. The second kappa shape index (κ2) is 19.8. The van der Waals surface area contributed by atoms with E-state index in [9.17, 15) is 39.6 Å². The molecule has 0 radical (unpaired) electrons. The number of amides is 1. The molecule has 3 heterocycles. The molecule has 0 aromatic rings. The lowest BCUT2D eigenvalue weighted by atomic mass is 9.81. The zero-order chi connectivity index (χ0) is 40.8. The van der Waals surface area contributed by atoms with Crippen LogP contribution in [0.1, 0.15) is 112 Å². The minimum atomic E-state index is -2.51. The second-order valence-corrected chi connectivity index (χ2v) is 16.9. The Morgan fingerprint density at radius 2 is 1.58 bits per heavy atom. The van der Waals surface area contributed by atoms with Crippen LogP contribution < -0.4 is 0 Å². The van der Waals surface area contributed by atoms with E-state index in [-0.39, 0.29) is 49.3 Å². The standard InChI is InChI=1S/C42H67NO12/c1-9-29-17-23(2)16-24(3)18-35(52-7)38-36(53-8)20-26(5)42(51,55-38)39(48)40(49)43-15-11-10-12-30(43)41(50)54-37(27(6)32(45)22-33(29)46)25(4)19-28-13-14-31(44)34(47)21-28/h17,19,23-24,26-28,30-32,34-38,44-45,47,51H,9-16,18,20-22H2,1-8H3. The van der Waals surface area contributed by atoms with Crippen molar-refractivity contribution in [2.45, 2.75) is 167 Å². The van der Waals surface area contributed by atoms with Crippen LogP contribution in [0.15, 0.2) is 23.3 Å². The highest BCUT2D eigenvalue weighted by atomic mass is 16.7. The summed E-state index contributed by atoms with van der Waals surface area (Å²) in [5.41, 5.74) is 1.20. The molecule has 2 saturated heterocycles. The summed E-state index contributed by atoms with van der Waals surface area (Å²) in [6.07, 6.45) is 2.14. The molecule has 0 aromatic heterocycles. The smallest absolute Gasteiger partial charge is 0.329 e. The Hall–Kier alpha value is -2.52. The molecule has 1 amide bonds. The van der Waals surface area contributed by atoms with Crippen LogP contribution >= 0.6 is 0 Å². The first kappa shape index (κ1) is 45.2. The topological polar surface area (TPSA) is 189 Å². The lowest BCUT2D eigenvalue weighted by molar-refractivity contribution is -0.302. The van der Waals surface area contributed by atoms with E-state index < -0.39 is 84.1 Å². The van der Waals surface area contributed by atoms with Crippen LogP contribution in [-0.2, 0) is 38.1 Å². The molecule has 312 valence electrons. The molecule has 1 saturated carbocycles. The highest BCUT2D eigenvalue weighted by molar-refractivity contribution is 6.39. The number of allylic oxidation sites excluding steroid dienone is 3. The van der Waals surface area contributed by atoms with Crippen molar-refractivity contribution in [3.8, 4) is 0 Å². The number of carbonyl (C=O) groups is 4. The lowest BCUT2D eigenvalue weighted by Gasteiger charge is -2.47. The van der Waals surface area contributed by atoms with E-state index in [4.69, 9.17) is 18.9 Å². The second-order valence-electron chi connectivity index (χ2n) is 16.9. The van der Waals surface area contributed by atoms with Gasteiger partial charge in [0.05, 0.1) is 30.5 Å². The van der Waals surface area contributed by atoms with Crippen molar-refractivity contribution in [2.75, 3.05) is 20.8 Å². The van der Waals surface area contributed by atoms with Gasteiger partial charge in [-0.05, 0) is 100 Å². The fourth-order valence-corrected chi connectivity index (χ4v) is 9.19. The van der Waals surface area contributed by atoms with Crippen LogP contribution in [0.3, 0.4) is 0 Å². The monoisotopic (exact) mass is 777 g/mol. The number of esters is 1. The predicted molar refractivity (Wildman–Crippen MR) is 203 cm³/mol. The third-order valence-corrected chi connectivity index (χ3v) is 12.6. The van der Waals surface area contributed by atoms with E-state index >= 15 is 0 Å². The van der Waals surface area contributed by atoms with E-state index in [1.165, 1.54) is 14.2 Å². The van der Waals surface area contributed by atoms with Crippen molar-refractivity contribution in [1.29, 1.82) is 0 Å². The van der Waals surface area contributed by atoms with E-state index in [1.54, 1.807) is 20.8 Å². The number of aliphatic hydroxyl groups excluding tert-OH is 3. The molecule has 14 unspecified atom stereocenters. The number of Topliss-reactive ketones (excluding diaryl/α,β-unsaturated/α-hetero) is 2. The largest absolute Gasteiger partial charge is 0.456 e. The molecule has 13 heteroatoms. The lowest BCUT2D eigenvalue weighted by Crippen LogP contribution is -2.64. The Kier molecular flexibility index (Phi) is 16.2. The average Bonchev–Trinajstić information content (AvgIpc) is 3.15. The molecule has 0 spiro atoms. The summed E-state index contributed by atoms with van der Waals surface area (Å²) in [6, 6.07) is -1.15. The molecule has 3 fully saturated rings.